The summed E-state index contributed by atoms with van der Waals surface area (Å²) in [6, 6.07) is 11.3. The zero-order valence-electron chi connectivity index (χ0n) is 12.0. The summed E-state index contributed by atoms with van der Waals surface area (Å²) in [5.41, 5.74) is 3.23. The molecular weight excluding hydrogens is 264 g/mol. The van der Waals surface area contributed by atoms with Gasteiger partial charge in [0.25, 0.3) is 0 Å². The molecule has 0 amide bonds. The molecule has 0 fully saturated rings. The Morgan fingerprint density at radius 1 is 1.14 bits per heavy atom. The molecule has 2 heterocycles. The van der Waals surface area contributed by atoms with Crippen molar-refractivity contribution in [2.24, 2.45) is 10.2 Å². The van der Waals surface area contributed by atoms with E-state index >= 15 is 0 Å². The van der Waals surface area contributed by atoms with Crippen LogP contribution in [-0.2, 0) is 6.42 Å². The molecule has 5 nitrogen and oxygen atoms in total. The second-order valence-electron chi connectivity index (χ2n) is 4.79. The molecule has 0 unspecified atom stereocenters. The molecule has 0 saturated carbocycles. The standard InChI is InChI=1S/C16H16N4O/c1-3-12-7-4-5-8-13(12)18-19-15-11(2)17-16-14(21)9-6-10-20(15)16/h4-10,21H,3H2,1-2H3. The maximum Gasteiger partial charge on any atom is 0.182 e. The van der Waals surface area contributed by atoms with Crippen LogP contribution in [0.25, 0.3) is 5.65 Å². The van der Waals surface area contributed by atoms with Gasteiger partial charge < -0.3 is 5.11 Å². The molecule has 0 bridgehead atoms. The molecule has 0 atom stereocenters. The van der Waals surface area contributed by atoms with E-state index in [0.29, 0.717) is 11.5 Å². The number of imidazole rings is 1. The zero-order chi connectivity index (χ0) is 14.8. The Bertz CT molecular complexity index is 820. The van der Waals surface area contributed by atoms with E-state index < -0.39 is 0 Å². The van der Waals surface area contributed by atoms with E-state index in [1.807, 2.05) is 37.4 Å². The monoisotopic (exact) mass is 280 g/mol. The number of hydrogen-bond donors (Lipinski definition) is 1. The fourth-order valence-electron chi connectivity index (χ4n) is 2.28. The van der Waals surface area contributed by atoms with Gasteiger partial charge in [0.05, 0.1) is 11.4 Å². The summed E-state index contributed by atoms with van der Waals surface area (Å²) in [7, 11) is 0. The number of fused-ring (bicyclic) bond motifs is 1. The molecule has 1 aromatic carbocycles. The molecule has 1 N–H and O–H groups in total. The topological polar surface area (TPSA) is 62.2 Å². The van der Waals surface area contributed by atoms with E-state index in [0.717, 1.165) is 23.4 Å². The number of hydrogen-bond acceptors (Lipinski definition) is 4. The molecular formula is C16H16N4O. The van der Waals surface area contributed by atoms with Crippen molar-refractivity contribution >= 4 is 17.2 Å². The number of rotatable bonds is 3. The highest BCUT2D eigenvalue weighted by Gasteiger charge is 2.10. The van der Waals surface area contributed by atoms with Crippen LogP contribution >= 0.6 is 0 Å². The van der Waals surface area contributed by atoms with Gasteiger partial charge in [-0.2, -0.15) is 0 Å². The first-order chi connectivity index (χ1) is 10.2. The highest BCUT2D eigenvalue weighted by Crippen LogP contribution is 2.28. The van der Waals surface area contributed by atoms with Crippen molar-refractivity contribution in [3.63, 3.8) is 0 Å². The summed E-state index contributed by atoms with van der Waals surface area (Å²) >= 11 is 0. The predicted octanol–water partition coefficient (Wildman–Crippen LogP) is 4.33. The Morgan fingerprint density at radius 2 is 1.95 bits per heavy atom. The van der Waals surface area contributed by atoms with Gasteiger partial charge in [0.2, 0.25) is 0 Å². The summed E-state index contributed by atoms with van der Waals surface area (Å²) in [5.74, 6) is 0.766. The first kappa shape index (κ1) is 13.3. The predicted molar refractivity (Wildman–Crippen MR) is 81.6 cm³/mol. The van der Waals surface area contributed by atoms with Crippen LogP contribution in [0.5, 0.6) is 5.75 Å². The second kappa shape index (κ2) is 5.36. The molecule has 106 valence electrons. The van der Waals surface area contributed by atoms with Gasteiger partial charge in [-0.25, -0.2) is 4.98 Å². The van der Waals surface area contributed by atoms with Crippen LogP contribution < -0.4 is 0 Å². The van der Waals surface area contributed by atoms with E-state index in [1.165, 1.54) is 0 Å². The Kier molecular flexibility index (Phi) is 3.39. The smallest absolute Gasteiger partial charge is 0.182 e. The number of aryl methyl sites for hydroxylation is 2. The summed E-state index contributed by atoms with van der Waals surface area (Å²) in [6.45, 7) is 3.94. The van der Waals surface area contributed by atoms with Gasteiger partial charge in [0.15, 0.2) is 17.2 Å². The molecule has 0 spiro atoms. The van der Waals surface area contributed by atoms with E-state index in [4.69, 9.17) is 0 Å². The van der Waals surface area contributed by atoms with Gasteiger partial charge in [-0.05, 0) is 37.1 Å². The molecule has 0 aliphatic carbocycles. The largest absolute Gasteiger partial charge is 0.504 e. The van der Waals surface area contributed by atoms with Gasteiger partial charge in [-0.3, -0.25) is 4.40 Å². The van der Waals surface area contributed by atoms with E-state index in [2.05, 4.69) is 22.1 Å². The van der Waals surface area contributed by atoms with Crippen LogP contribution in [0.4, 0.5) is 11.5 Å². The SMILES string of the molecule is CCc1ccccc1N=Nc1c(C)nc2c(O)cccn12. The Labute approximate surface area is 122 Å². The molecule has 5 heteroatoms. The normalized spacial score (nSPS) is 11.5. The number of aromatic hydroxyl groups is 1. The molecule has 0 saturated heterocycles. The quantitative estimate of drug-likeness (QED) is 0.726. The van der Waals surface area contributed by atoms with Crippen molar-refractivity contribution in [2.45, 2.75) is 20.3 Å². The number of aromatic nitrogens is 2. The minimum Gasteiger partial charge on any atom is -0.504 e. The molecule has 3 aromatic rings. The fraction of sp³-hybridized carbons (Fsp3) is 0.188. The van der Waals surface area contributed by atoms with Gasteiger partial charge >= 0.3 is 0 Å². The maximum atomic E-state index is 9.82. The van der Waals surface area contributed by atoms with Crippen molar-refractivity contribution in [1.29, 1.82) is 0 Å². The van der Waals surface area contributed by atoms with Crippen molar-refractivity contribution in [3.05, 3.63) is 53.9 Å². The van der Waals surface area contributed by atoms with E-state index in [9.17, 15) is 5.11 Å². The van der Waals surface area contributed by atoms with Crippen LogP contribution in [0.2, 0.25) is 0 Å². The minimum absolute atomic E-state index is 0.135. The number of nitrogens with zero attached hydrogens (tertiary/aromatic N) is 4. The van der Waals surface area contributed by atoms with Crippen LogP contribution in [0.1, 0.15) is 18.2 Å². The zero-order valence-corrected chi connectivity index (χ0v) is 12.0. The lowest BCUT2D eigenvalue weighted by Gasteiger charge is -2.01. The first-order valence-electron chi connectivity index (χ1n) is 6.87. The Balaban J connectivity index is 2.08. The number of pyridine rings is 1. The summed E-state index contributed by atoms with van der Waals surface area (Å²) in [6.07, 6.45) is 2.72. The summed E-state index contributed by atoms with van der Waals surface area (Å²) in [4.78, 5) is 4.33. The highest BCUT2D eigenvalue weighted by molar-refractivity contribution is 5.60. The van der Waals surface area contributed by atoms with Crippen molar-refractivity contribution in [1.82, 2.24) is 9.38 Å². The molecule has 0 radical (unpaired) electrons. The molecule has 21 heavy (non-hydrogen) atoms. The van der Waals surface area contributed by atoms with Crippen molar-refractivity contribution in [2.75, 3.05) is 0 Å². The first-order valence-corrected chi connectivity index (χ1v) is 6.87. The molecule has 2 aromatic heterocycles. The van der Waals surface area contributed by atoms with Crippen LogP contribution in [0.3, 0.4) is 0 Å². The lowest BCUT2D eigenvalue weighted by atomic mass is 10.1. The highest BCUT2D eigenvalue weighted by atomic mass is 16.3. The third kappa shape index (κ3) is 2.38. The lowest BCUT2D eigenvalue weighted by molar-refractivity contribution is 0.477. The van der Waals surface area contributed by atoms with Gasteiger partial charge in [0, 0.05) is 6.20 Å². The lowest BCUT2D eigenvalue weighted by Crippen LogP contribution is -1.83. The summed E-state index contributed by atoms with van der Waals surface area (Å²) < 4.78 is 1.74. The number of benzene rings is 1. The molecule has 3 rings (SSSR count). The average molecular weight is 280 g/mol. The van der Waals surface area contributed by atoms with Crippen LogP contribution in [0, 0.1) is 6.92 Å². The molecule has 0 aliphatic heterocycles. The third-order valence-electron chi connectivity index (χ3n) is 3.40. The number of azo groups is 1. The average Bonchev–Trinajstić information content (AvgIpc) is 2.83. The Hall–Kier alpha value is -2.69. The fourth-order valence-corrected chi connectivity index (χ4v) is 2.28. The van der Waals surface area contributed by atoms with Gasteiger partial charge in [-0.1, -0.05) is 25.1 Å². The van der Waals surface area contributed by atoms with Gasteiger partial charge in [0.1, 0.15) is 0 Å². The Morgan fingerprint density at radius 3 is 2.76 bits per heavy atom. The van der Waals surface area contributed by atoms with Crippen molar-refractivity contribution in [3.8, 4) is 5.75 Å². The maximum absolute atomic E-state index is 9.82. The summed E-state index contributed by atoms with van der Waals surface area (Å²) in [5, 5.41) is 18.5. The molecule has 0 aliphatic rings. The van der Waals surface area contributed by atoms with Gasteiger partial charge in [-0.15, -0.1) is 10.2 Å². The van der Waals surface area contributed by atoms with Crippen molar-refractivity contribution < 1.29 is 5.11 Å². The van der Waals surface area contributed by atoms with E-state index in [1.54, 1.807) is 16.5 Å². The third-order valence-corrected chi connectivity index (χ3v) is 3.40. The second-order valence-corrected chi connectivity index (χ2v) is 4.79. The minimum atomic E-state index is 0.135. The van der Waals surface area contributed by atoms with E-state index in [-0.39, 0.29) is 5.75 Å². The van der Waals surface area contributed by atoms with Crippen LogP contribution in [0.15, 0.2) is 52.8 Å². The van der Waals surface area contributed by atoms with Crippen LogP contribution in [-0.4, -0.2) is 14.5 Å².